The highest BCUT2D eigenvalue weighted by molar-refractivity contribution is 5.79. The fraction of sp³-hybridized carbons (Fsp3) is 0.733. The number of hydrogen-bond donors (Lipinski definition) is 2. The van der Waals surface area contributed by atoms with Gasteiger partial charge in [-0.25, -0.2) is 0 Å². The van der Waals surface area contributed by atoms with Gasteiger partial charge in [-0.3, -0.25) is 9.67 Å². The predicted octanol–water partition coefficient (Wildman–Crippen LogP) is 0.671. The Hall–Kier alpha value is -1.60. The first-order chi connectivity index (χ1) is 10.8. The van der Waals surface area contributed by atoms with E-state index in [-0.39, 0.29) is 0 Å². The molecule has 0 aliphatic carbocycles. The fourth-order valence-corrected chi connectivity index (χ4v) is 2.34. The van der Waals surface area contributed by atoms with Crippen molar-refractivity contribution in [2.24, 2.45) is 12.0 Å². The Labute approximate surface area is 132 Å². The van der Waals surface area contributed by atoms with Crippen molar-refractivity contribution >= 4 is 5.96 Å². The van der Waals surface area contributed by atoms with Gasteiger partial charge in [-0.2, -0.15) is 5.10 Å². The first kappa shape index (κ1) is 16.8. The third kappa shape index (κ3) is 5.65. The Bertz CT molecular complexity index is 455. The molecule has 0 aromatic carbocycles. The van der Waals surface area contributed by atoms with Gasteiger partial charge >= 0.3 is 0 Å². The lowest BCUT2D eigenvalue weighted by atomic mass is 10.2. The number of rotatable bonds is 8. The second-order valence-electron chi connectivity index (χ2n) is 5.36. The third-order valence-electron chi connectivity index (χ3n) is 3.67. The molecule has 0 radical (unpaired) electrons. The molecule has 0 saturated carbocycles. The molecule has 1 atom stereocenters. The molecule has 7 nitrogen and oxygen atoms in total. The number of guanidine groups is 1. The predicted molar refractivity (Wildman–Crippen MR) is 85.8 cm³/mol. The van der Waals surface area contributed by atoms with Gasteiger partial charge in [-0.05, 0) is 25.3 Å². The van der Waals surface area contributed by atoms with Crippen molar-refractivity contribution in [1.29, 1.82) is 0 Å². The van der Waals surface area contributed by atoms with E-state index in [9.17, 15) is 0 Å². The Kier molecular flexibility index (Phi) is 7.18. The van der Waals surface area contributed by atoms with Crippen LogP contribution in [0.3, 0.4) is 0 Å². The normalized spacial score (nSPS) is 18.6. The number of aliphatic imine (C=N–C) groups is 1. The van der Waals surface area contributed by atoms with Crippen LogP contribution in [0.5, 0.6) is 0 Å². The van der Waals surface area contributed by atoms with Crippen molar-refractivity contribution in [3.8, 4) is 0 Å². The first-order valence-corrected chi connectivity index (χ1v) is 7.90. The minimum absolute atomic E-state index is 0.307. The monoisotopic (exact) mass is 309 g/mol. The lowest BCUT2D eigenvalue weighted by Crippen LogP contribution is -2.38. The van der Waals surface area contributed by atoms with Crippen LogP contribution in [0.1, 0.15) is 25.0 Å². The average molecular weight is 309 g/mol. The summed E-state index contributed by atoms with van der Waals surface area (Å²) >= 11 is 0. The van der Waals surface area contributed by atoms with Crippen LogP contribution in [-0.4, -0.2) is 55.3 Å². The molecular weight excluding hydrogens is 282 g/mol. The molecule has 0 bridgehead atoms. The molecule has 2 N–H and O–H groups in total. The Morgan fingerprint density at radius 3 is 3.14 bits per heavy atom. The molecule has 124 valence electrons. The largest absolute Gasteiger partial charge is 0.379 e. The summed E-state index contributed by atoms with van der Waals surface area (Å²) in [6.07, 6.45) is 5.33. The highest BCUT2D eigenvalue weighted by atomic mass is 16.5. The molecule has 1 aliphatic rings. The number of nitrogens with zero attached hydrogens (tertiary/aromatic N) is 3. The minimum Gasteiger partial charge on any atom is -0.379 e. The van der Waals surface area contributed by atoms with Crippen LogP contribution in [0.15, 0.2) is 17.3 Å². The molecule has 2 rings (SSSR count). The number of aromatic nitrogens is 2. The van der Waals surface area contributed by atoms with E-state index in [1.165, 1.54) is 0 Å². The van der Waals surface area contributed by atoms with E-state index in [0.717, 1.165) is 50.7 Å². The zero-order valence-corrected chi connectivity index (χ0v) is 13.5. The quantitative estimate of drug-likeness (QED) is 0.419. The summed E-state index contributed by atoms with van der Waals surface area (Å²) in [5.74, 6) is 0.792. The molecule has 1 unspecified atom stereocenters. The van der Waals surface area contributed by atoms with Gasteiger partial charge in [-0.1, -0.05) is 0 Å². The van der Waals surface area contributed by atoms with Gasteiger partial charge in [0, 0.05) is 40.1 Å². The molecule has 1 aromatic heterocycles. The zero-order chi connectivity index (χ0) is 15.6. The lowest BCUT2D eigenvalue weighted by molar-refractivity contribution is 0.0168. The van der Waals surface area contributed by atoms with Gasteiger partial charge < -0.3 is 20.1 Å². The van der Waals surface area contributed by atoms with E-state index in [2.05, 4.69) is 20.7 Å². The number of ether oxygens (including phenoxy) is 2. The Morgan fingerprint density at radius 1 is 1.55 bits per heavy atom. The van der Waals surface area contributed by atoms with Crippen molar-refractivity contribution < 1.29 is 9.47 Å². The molecule has 22 heavy (non-hydrogen) atoms. The van der Waals surface area contributed by atoms with Crippen LogP contribution in [-0.2, 0) is 23.1 Å². The molecule has 0 spiro atoms. The van der Waals surface area contributed by atoms with Crippen LogP contribution in [0.25, 0.3) is 0 Å². The molecule has 1 fully saturated rings. The van der Waals surface area contributed by atoms with E-state index >= 15 is 0 Å². The van der Waals surface area contributed by atoms with Gasteiger partial charge in [-0.15, -0.1) is 0 Å². The van der Waals surface area contributed by atoms with Crippen molar-refractivity contribution in [3.63, 3.8) is 0 Å². The lowest BCUT2D eigenvalue weighted by Gasteiger charge is -2.13. The zero-order valence-electron chi connectivity index (χ0n) is 13.5. The highest BCUT2D eigenvalue weighted by Gasteiger charge is 2.14. The van der Waals surface area contributed by atoms with Crippen LogP contribution in [0.2, 0.25) is 0 Å². The summed E-state index contributed by atoms with van der Waals surface area (Å²) in [6.45, 7) is 3.87. The standard InChI is InChI=1S/C15H27N5O2/c1-16-15(18-11-13-6-8-19-20(13)2)17-7-4-9-21-12-14-5-3-10-22-14/h6,8,14H,3-5,7,9-12H2,1-2H3,(H2,16,17,18). The minimum atomic E-state index is 0.307. The topological polar surface area (TPSA) is 72.7 Å². The van der Waals surface area contributed by atoms with Gasteiger partial charge in [0.1, 0.15) is 0 Å². The maximum absolute atomic E-state index is 5.63. The summed E-state index contributed by atoms with van der Waals surface area (Å²) in [6, 6.07) is 1.99. The van der Waals surface area contributed by atoms with E-state index in [1.54, 1.807) is 13.2 Å². The van der Waals surface area contributed by atoms with Crippen molar-refractivity contribution in [2.75, 3.05) is 33.4 Å². The molecule has 7 heteroatoms. The molecule has 2 heterocycles. The highest BCUT2D eigenvalue weighted by Crippen LogP contribution is 2.11. The number of aryl methyl sites for hydroxylation is 1. The van der Waals surface area contributed by atoms with Gasteiger partial charge in [0.25, 0.3) is 0 Å². The van der Waals surface area contributed by atoms with Crippen LogP contribution < -0.4 is 10.6 Å². The first-order valence-electron chi connectivity index (χ1n) is 7.90. The van der Waals surface area contributed by atoms with Crippen molar-refractivity contribution in [1.82, 2.24) is 20.4 Å². The molecule has 1 aromatic rings. The van der Waals surface area contributed by atoms with E-state index in [0.29, 0.717) is 19.3 Å². The number of hydrogen-bond acceptors (Lipinski definition) is 4. The van der Waals surface area contributed by atoms with E-state index in [4.69, 9.17) is 9.47 Å². The van der Waals surface area contributed by atoms with Gasteiger partial charge in [0.2, 0.25) is 0 Å². The van der Waals surface area contributed by atoms with Crippen LogP contribution >= 0.6 is 0 Å². The molecule has 1 saturated heterocycles. The Morgan fingerprint density at radius 2 is 2.45 bits per heavy atom. The summed E-state index contributed by atoms with van der Waals surface area (Å²) in [5, 5.41) is 10.7. The van der Waals surface area contributed by atoms with Crippen molar-refractivity contribution in [2.45, 2.75) is 31.9 Å². The second kappa shape index (κ2) is 9.42. The molecular formula is C15H27N5O2. The maximum Gasteiger partial charge on any atom is 0.191 e. The Balaban J connectivity index is 1.51. The third-order valence-corrected chi connectivity index (χ3v) is 3.67. The SMILES string of the molecule is CN=C(NCCCOCC1CCCO1)NCc1ccnn1C. The van der Waals surface area contributed by atoms with Crippen LogP contribution in [0, 0.1) is 0 Å². The maximum atomic E-state index is 5.63. The van der Waals surface area contributed by atoms with Crippen LogP contribution in [0.4, 0.5) is 0 Å². The summed E-state index contributed by atoms with van der Waals surface area (Å²) in [5.41, 5.74) is 1.11. The molecule has 0 amide bonds. The summed E-state index contributed by atoms with van der Waals surface area (Å²) in [4.78, 5) is 4.20. The van der Waals surface area contributed by atoms with E-state index < -0.39 is 0 Å². The summed E-state index contributed by atoms with van der Waals surface area (Å²) < 4.78 is 13.0. The second-order valence-corrected chi connectivity index (χ2v) is 5.36. The molecule has 1 aliphatic heterocycles. The van der Waals surface area contributed by atoms with E-state index in [1.807, 2.05) is 17.8 Å². The summed E-state index contributed by atoms with van der Waals surface area (Å²) in [7, 11) is 3.70. The smallest absolute Gasteiger partial charge is 0.191 e. The van der Waals surface area contributed by atoms with Gasteiger partial charge in [0.15, 0.2) is 5.96 Å². The van der Waals surface area contributed by atoms with Crippen molar-refractivity contribution in [3.05, 3.63) is 18.0 Å². The number of nitrogens with one attached hydrogen (secondary N) is 2. The van der Waals surface area contributed by atoms with Gasteiger partial charge in [0.05, 0.1) is 24.9 Å². The fourth-order valence-electron chi connectivity index (χ4n) is 2.34. The average Bonchev–Trinajstić information content (AvgIpc) is 3.17.